The van der Waals surface area contributed by atoms with Gasteiger partial charge in [-0.15, -0.1) is 0 Å². The summed E-state index contributed by atoms with van der Waals surface area (Å²) in [6.07, 6.45) is 2.00. The fourth-order valence-corrected chi connectivity index (χ4v) is 4.18. The van der Waals surface area contributed by atoms with Crippen molar-refractivity contribution in [1.82, 2.24) is 14.5 Å². The lowest BCUT2D eigenvalue weighted by Crippen LogP contribution is -2.44. The van der Waals surface area contributed by atoms with Crippen LogP contribution in [-0.2, 0) is 9.53 Å². The van der Waals surface area contributed by atoms with Crippen LogP contribution in [0.4, 0.5) is 0 Å². The molecule has 2 aromatic rings. The van der Waals surface area contributed by atoms with Crippen LogP contribution in [0.25, 0.3) is 10.9 Å². The van der Waals surface area contributed by atoms with E-state index in [-0.39, 0.29) is 22.8 Å². The molecular formula is C18H21N3O3S. The van der Waals surface area contributed by atoms with Crippen molar-refractivity contribution in [3.63, 3.8) is 0 Å². The third-order valence-corrected chi connectivity index (χ3v) is 5.69. The minimum absolute atomic E-state index is 0.00150. The number of fused-ring (bicyclic) bond motifs is 1. The van der Waals surface area contributed by atoms with Crippen molar-refractivity contribution in [2.45, 2.75) is 36.2 Å². The number of ether oxygens (including phenoxy) is 1. The minimum atomic E-state index is -0.281. The minimum Gasteiger partial charge on any atom is -0.378 e. The first-order chi connectivity index (χ1) is 12.1. The molecule has 1 amide bonds. The lowest BCUT2D eigenvalue weighted by Gasteiger charge is -2.29. The predicted octanol–water partition coefficient (Wildman–Crippen LogP) is 2.07. The molecule has 6 nitrogen and oxygen atoms in total. The Bertz CT molecular complexity index is 856. The average Bonchev–Trinajstić information content (AvgIpc) is 3.47. The maximum absolute atomic E-state index is 12.9. The molecule has 1 aromatic heterocycles. The number of hydrogen-bond acceptors (Lipinski definition) is 5. The fourth-order valence-electron chi connectivity index (χ4n) is 3.11. The van der Waals surface area contributed by atoms with E-state index in [0.29, 0.717) is 42.4 Å². The van der Waals surface area contributed by atoms with Gasteiger partial charge in [0.05, 0.1) is 29.4 Å². The van der Waals surface area contributed by atoms with Crippen molar-refractivity contribution in [2.24, 2.45) is 0 Å². The van der Waals surface area contributed by atoms with Crippen molar-refractivity contribution in [2.75, 3.05) is 26.3 Å². The highest BCUT2D eigenvalue weighted by Crippen LogP contribution is 2.37. The number of carbonyl (C=O) groups excluding carboxylic acids is 1. The third-order valence-electron chi connectivity index (χ3n) is 4.64. The lowest BCUT2D eigenvalue weighted by atomic mass is 10.2. The zero-order valence-electron chi connectivity index (χ0n) is 14.2. The molecule has 0 radical (unpaired) electrons. The van der Waals surface area contributed by atoms with E-state index in [4.69, 9.17) is 9.72 Å². The van der Waals surface area contributed by atoms with E-state index in [1.54, 1.807) is 4.57 Å². The highest BCUT2D eigenvalue weighted by molar-refractivity contribution is 8.00. The topological polar surface area (TPSA) is 64.4 Å². The van der Waals surface area contributed by atoms with Gasteiger partial charge >= 0.3 is 0 Å². The highest BCUT2D eigenvalue weighted by Gasteiger charge is 2.31. The first-order valence-electron chi connectivity index (χ1n) is 8.69. The Hall–Kier alpha value is -1.86. The van der Waals surface area contributed by atoms with Crippen molar-refractivity contribution in [1.29, 1.82) is 0 Å². The summed E-state index contributed by atoms with van der Waals surface area (Å²) in [5.74, 6) is 0.0815. The normalized spacial score (nSPS) is 19.2. The molecule has 1 atom stereocenters. The Labute approximate surface area is 150 Å². The number of benzene rings is 1. The largest absolute Gasteiger partial charge is 0.378 e. The van der Waals surface area contributed by atoms with Crippen LogP contribution in [0.2, 0.25) is 0 Å². The van der Waals surface area contributed by atoms with E-state index in [2.05, 4.69) is 0 Å². The van der Waals surface area contributed by atoms with E-state index in [9.17, 15) is 9.59 Å². The van der Waals surface area contributed by atoms with Gasteiger partial charge in [-0.1, -0.05) is 23.9 Å². The molecule has 2 aliphatic rings. The maximum Gasteiger partial charge on any atom is 0.262 e. The molecule has 4 rings (SSSR count). The molecule has 1 unspecified atom stereocenters. The summed E-state index contributed by atoms with van der Waals surface area (Å²) in [6.45, 7) is 4.32. The predicted molar refractivity (Wildman–Crippen MR) is 97.0 cm³/mol. The molecule has 0 spiro atoms. The Morgan fingerprint density at radius 1 is 1.28 bits per heavy atom. The highest BCUT2D eigenvalue weighted by atomic mass is 32.2. The molecule has 1 aromatic carbocycles. The second kappa shape index (κ2) is 6.80. The van der Waals surface area contributed by atoms with Crippen LogP contribution in [0.15, 0.2) is 34.2 Å². The first kappa shape index (κ1) is 16.6. The molecular weight excluding hydrogens is 338 g/mol. The second-order valence-electron chi connectivity index (χ2n) is 6.52. The standard InChI is InChI=1S/C18H21N3O3S/c1-12(16(22)20-8-10-24-11-9-20)25-18-19-15-5-3-2-4-14(15)17(23)21(18)13-6-7-13/h2-5,12-13H,6-11H2,1H3. The zero-order chi connectivity index (χ0) is 17.4. The molecule has 0 bridgehead atoms. The summed E-state index contributed by atoms with van der Waals surface area (Å²) >= 11 is 1.39. The molecule has 1 saturated carbocycles. The summed E-state index contributed by atoms with van der Waals surface area (Å²) in [5.41, 5.74) is 0.694. The van der Waals surface area contributed by atoms with Crippen LogP contribution in [0.5, 0.6) is 0 Å². The Morgan fingerprint density at radius 2 is 2.00 bits per heavy atom. The Kier molecular flexibility index (Phi) is 4.52. The van der Waals surface area contributed by atoms with Crippen molar-refractivity contribution in [3.8, 4) is 0 Å². The Balaban J connectivity index is 1.65. The third kappa shape index (κ3) is 3.30. The summed E-state index contributed by atoms with van der Waals surface area (Å²) < 4.78 is 7.10. The van der Waals surface area contributed by atoms with Crippen molar-refractivity contribution < 1.29 is 9.53 Å². The molecule has 1 saturated heterocycles. The van der Waals surface area contributed by atoms with Gasteiger partial charge in [-0.25, -0.2) is 4.98 Å². The fraction of sp³-hybridized carbons (Fsp3) is 0.500. The molecule has 132 valence electrons. The number of rotatable bonds is 4. The summed E-state index contributed by atoms with van der Waals surface area (Å²) in [5, 5.41) is 1.02. The van der Waals surface area contributed by atoms with Crippen LogP contribution >= 0.6 is 11.8 Å². The number of carbonyl (C=O) groups is 1. The van der Waals surface area contributed by atoms with E-state index >= 15 is 0 Å². The number of aromatic nitrogens is 2. The molecule has 7 heteroatoms. The SMILES string of the molecule is CC(Sc1nc2ccccc2c(=O)n1C1CC1)C(=O)N1CCOCC1. The number of hydrogen-bond donors (Lipinski definition) is 0. The summed E-state index contributed by atoms with van der Waals surface area (Å²) in [4.78, 5) is 32.1. The molecule has 1 aliphatic heterocycles. The second-order valence-corrected chi connectivity index (χ2v) is 7.82. The number of para-hydroxylation sites is 1. The molecule has 2 fully saturated rings. The smallest absolute Gasteiger partial charge is 0.262 e. The zero-order valence-corrected chi connectivity index (χ0v) is 15.0. The molecule has 0 N–H and O–H groups in total. The van der Waals surface area contributed by atoms with Crippen LogP contribution in [0, 0.1) is 0 Å². The number of thioether (sulfide) groups is 1. The summed E-state index contributed by atoms with van der Waals surface area (Å²) in [6, 6.07) is 7.64. The van der Waals surface area contributed by atoms with Gasteiger partial charge in [0.15, 0.2) is 5.16 Å². The first-order valence-corrected chi connectivity index (χ1v) is 9.57. The van der Waals surface area contributed by atoms with Crippen LogP contribution in [-0.4, -0.2) is 51.9 Å². The van der Waals surface area contributed by atoms with Crippen molar-refractivity contribution >= 4 is 28.6 Å². The average molecular weight is 359 g/mol. The molecule has 2 heterocycles. The van der Waals surface area contributed by atoms with E-state index in [1.807, 2.05) is 36.1 Å². The van der Waals surface area contributed by atoms with Crippen LogP contribution in [0.3, 0.4) is 0 Å². The number of amides is 1. The van der Waals surface area contributed by atoms with Gasteiger partial charge in [0.25, 0.3) is 5.56 Å². The van der Waals surface area contributed by atoms with Gasteiger partial charge in [-0.2, -0.15) is 0 Å². The maximum atomic E-state index is 12.9. The lowest BCUT2D eigenvalue weighted by molar-refractivity contribution is -0.134. The molecule has 25 heavy (non-hydrogen) atoms. The van der Waals surface area contributed by atoms with E-state index in [0.717, 1.165) is 12.8 Å². The van der Waals surface area contributed by atoms with Crippen LogP contribution < -0.4 is 5.56 Å². The van der Waals surface area contributed by atoms with Gasteiger partial charge in [0.1, 0.15) is 0 Å². The van der Waals surface area contributed by atoms with Gasteiger partial charge in [-0.3, -0.25) is 14.2 Å². The van der Waals surface area contributed by atoms with Gasteiger partial charge in [-0.05, 0) is 31.9 Å². The van der Waals surface area contributed by atoms with Gasteiger partial charge in [0, 0.05) is 19.1 Å². The van der Waals surface area contributed by atoms with Gasteiger partial charge in [0.2, 0.25) is 5.91 Å². The number of nitrogens with zero attached hydrogens (tertiary/aromatic N) is 3. The quantitative estimate of drug-likeness (QED) is 0.618. The molecule has 1 aliphatic carbocycles. The van der Waals surface area contributed by atoms with Crippen molar-refractivity contribution in [3.05, 3.63) is 34.6 Å². The van der Waals surface area contributed by atoms with E-state index < -0.39 is 0 Å². The van der Waals surface area contributed by atoms with Gasteiger partial charge < -0.3 is 9.64 Å². The Morgan fingerprint density at radius 3 is 2.72 bits per heavy atom. The monoisotopic (exact) mass is 359 g/mol. The number of morpholine rings is 1. The van der Waals surface area contributed by atoms with E-state index in [1.165, 1.54) is 11.8 Å². The summed E-state index contributed by atoms with van der Waals surface area (Å²) in [7, 11) is 0. The van der Waals surface area contributed by atoms with Crippen LogP contribution in [0.1, 0.15) is 25.8 Å².